The highest BCUT2D eigenvalue weighted by Crippen LogP contribution is 2.36. The summed E-state index contributed by atoms with van der Waals surface area (Å²) in [6.45, 7) is 0.310. The van der Waals surface area contributed by atoms with Gasteiger partial charge in [0.25, 0.3) is 0 Å². The largest absolute Gasteiger partial charge is 0.435 e. The van der Waals surface area contributed by atoms with Gasteiger partial charge in [-0.3, -0.25) is 4.68 Å². The van der Waals surface area contributed by atoms with Crippen LogP contribution in [-0.4, -0.2) is 27.0 Å². The fourth-order valence-electron chi connectivity index (χ4n) is 2.73. The zero-order valence-corrected chi connectivity index (χ0v) is 10.5. The molecule has 2 unspecified atom stereocenters. The van der Waals surface area contributed by atoms with E-state index in [0.717, 1.165) is 25.3 Å². The average Bonchev–Trinajstić information content (AvgIpc) is 2.93. The number of alkyl halides is 3. The second kappa shape index (κ2) is 5.13. The fourth-order valence-corrected chi connectivity index (χ4v) is 2.73. The molecule has 108 valence electrons. The monoisotopic (exact) mass is 277 g/mol. The highest BCUT2D eigenvalue weighted by Gasteiger charge is 2.38. The second-order valence-corrected chi connectivity index (χ2v) is 5.23. The standard InChI is InChI=1S/C12H18F3N3O/c13-12(14,15)10-4-7-18(17-10)6-3-9-2-1-5-11(9,16)8-19/h4,7,9,19H,1-3,5-6,8,16H2. The van der Waals surface area contributed by atoms with Gasteiger partial charge in [0.15, 0.2) is 5.69 Å². The van der Waals surface area contributed by atoms with Gasteiger partial charge >= 0.3 is 6.18 Å². The van der Waals surface area contributed by atoms with Crippen molar-refractivity contribution in [2.75, 3.05) is 6.61 Å². The van der Waals surface area contributed by atoms with Crippen LogP contribution in [0, 0.1) is 5.92 Å². The van der Waals surface area contributed by atoms with E-state index in [1.165, 1.54) is 10.9 Å². The molecule has 0 radical (unpaired) electrons. The van der Waals surface area contributed by atoms with Gasteiger partial charge in [-0.2, -0.15) is 18.3 Å². The maximum Gasteiger partial charge on any atom is 0.435 e. The van der Waals surface area contributed by atoms with E-state index >= 15 is 0 Å². The number of nitrogens with two attached hydrogens (primary N) is 1. The Hall–Kier alpha value is -1.08. The van der Waals surface area contributed by atoms with E-state index in [4.69, 9.17) is 5.73 Å². The first-order valence-corrected chi connectivity index (χ1v) is 6.35. The minimum Gasteiger partial charge on any atom is -0.394 e. The van der Waals surface area contributed by atoms with Crippen LogP contribution in [0.4, 0.5) is 13.2 Å². The Morgan fingerprint density at radius 2 is 2.26 bits per heavy atom. The summed E-state index contributed by atoms with van der Waals surface area (Å²) in [6, 6.07) is 0.969. The molecule has 1 heterocycles. The molecule has 2 rings (SSSR count). The lowest BCUT2D eigenvalue weighted by Gasteiger charge is -2.29. The summed E-state index contributed by atoms with van der Waals surface area (Å²) in [6.07, 6.45) is 0.187. The molecule has 1 fully saturated rings. The molecular formula is C12H18F3N3O. The number of aryl methyl sites for hydroxylation is 1. The van der Waals surface area contributed by atoms with Gasteiger partial charge in [-0.05, 0) is 31.2 Å². The third-order valence-corrected chi connectivity index (χ3v) is 3.94. The second-order valence-electron chi connectivity index (χ2n) is 5.23. The Bertz CT molecular complexity index is 432. The van der Waals surface area contributed by atoms with E-state index in [2.05, 4.69) is 5.10 Å². The molecule has 4 nitrogen and oxygen atoms in total. The Morgan fingerprint density at radius 3 is 2.84 bits per heavy atom. The predicted octanol–water partition coefficient (Wildman–Crippen LogP) is 1.78. The van der Waals surface area contributed by atoms with Crippen LogP contribution in [0.1, 0.15) is 31.4 Å². The minimum absolute atomic E-state index is 0.0788. The summed E-state index contributed by atoms with van der Waals surface area (Å²) in [4.78, 5) is 0. The van der Waals surface area contributed by atoms with Crippen LogP contribution in [0.25, 0.3) is 0 Å². The molecule has 7 heteroatoms. The predicted molar refractivity (Wildman–Crippen MR) is 63.2 cm³/mol. The summed E-state index contributed by atoms with van der Waals surface area (Å²) in [7, 11) is 0. The number of rotatable bonds is 4. The van der Waals surface area contributed by atoms with E-state index in [1.54, 1.807) is 0 Å². The highest BCUT2D eigenvalue weighted by atomic mass is 19.4. The Labute approximate surface area is 109 Å². The van der Waals surface area contributed by atoms with Gasteiger partial charge in [0.2, 0.25) is 0 Å². The number of halogens is 3. The molecule has 2 atom stereocenters. The van der Waals surface area contributed by atoms with Crippen LogP contribution in [0.5, 0.6) is 0 Å². The minimum atomic E-state index is -4.40. The lowest BCUT2D eigenvalue weighted by atomic mass is 9.86. The van der Waals surface area contributed by atoms with Gasteiger partial charge < -0.3 is 10.8 Å². The Kier molecular flexibility index (Phi) is 3.87. The zero-order valence-electron chi connectivity index (χ0n) is 10.5. The van der Waals surface area contributed by atoms with Gasteiger partial charge in [-0.25, -0.2) is 0 Å². The number of aromatic nitrogens is 2. The van der Waals surface area contributed by atoms with Crippen molar-refractivity contribution in [1.82, 2.24) is 9.78 Å². The molecule has 3 N–H and O–H groups in total. The number of aliphatic hydroxyl groups excluding tert-OH is 1. The third kappa shape index (κ3) is 3.09. The molecule has 1 aliphatic rings. The third-order valence-electron chi connectivity index (χ3n) is 3.94. The van der Waals surface area contributed by atoms with Gasteiger partial charge in [0, 0.05) is 18.3 Å². The number of nitrogens with zero attached hydrogens (tertiary/aromatic N) is 2. The van der Waals surface area contributed by atoms with Crippen LogP contribution in [0.2, 0.25) is 0 Å². The van der Waals surface area contributed by atoms with E-state index in [0.29, 0.717) is 13.0 Å². The molecule has 0 amide bonds. The Morgan fingerprint density at radius 1 is 1.53 bits per heavy atom. The van der Waals surface area contributed by atoms with Crippen molar-refractivity contribution in [3.63, 3.8) is 0 Å². The molecular weight excluding hydrogens is 259 g/mol. The van der Waals surface area contributed by atoms with Crippen molar-refractivity contribution < 1.29 is 18.3 Å². The van der Waals surface area contributed by atoms with Crippen LogP contribution in [-0.2, 0) is 12.7 Å². The first-order chi connectivity index (χ1) is 8.85. The van der Waals surface area contributed by atoms with Crippen molar-refractivity contribution in [3.8, 4) is 0 Å². The molecule has 0 aliphatic heterocycles. The average molecular weight is 277 g/mol. The first kappa shape index (κ1) is 14.3. The summed E-state index contributed by atoms with van der Waals surface area (Å²) < 4.78 is 38.5. The molecule has 1 aromatic heterocycles. The lowest BCUT2D eigenvalue weighted by molar-refractivity contribution is -0.141. The number of hydrogen-bond acceptors (Lipinski definition) is 3. The van der Waals surface area contributed by atoms with E-state index in [-0.39, 0.29) is 12.5 Å². The van der Waals surface area contributed by atoms with Gasteiger partial charge in [-0.15, -0.1) is 0 Å². The van der Waals surface area contributed by atoms with Crippen molar-refractivity contribution >= 4 is 0 Å². The van der Waals surface area contributed by atoms with E-state index in [1.807, 2.05) is 0 Å². The molecule has 0 bridgehead atoms. The topological polar surface area (TPSA) is 64.1 Å². The summed E-state index contributed by atoms with van der Waals surface area (Å²) in [5.41, 5.74) is 4.62. The molecule has 1 aliphatic carbocycles. The van der Waals surface area contributed by atoms with Crippen molar-refractivity contribution in [1.29, 1.82) is 0 Å². The normalized spacial score (nSPS) is 27.9. The van der Waals surface area contributed by atoms with E-state index in [9.17, 15) is 18.3 Å². The van der Waals surface area contributed by atoms with Crippen molar-refractivity contribution in [3.05, 3.63) is 18.0 Å². The molecule has 1 saturated carbocycles. The van der Waals surface area contributed by atoms with Crippen LogP contribution in [0.3, 0.4) is 0 Å². The zero-order chi connectivity index (χ0) is 14.1. The smallest absolute Gasteiger partial charge is 0.394 e. The van der Waals surface area contributed by atoms with Crippen molar-refractivity contribution in [2.24, 2.45) is 11.7 Å². The van der Waals surface area contributed by atoms with Gasteiger partial charge in [-0.1, -0.05) is 6.42 Å². The Balaban J connectivity index is 1.94. The summed E-state index contributed by atoms with van der Waals surface area (Å²) in [5.74, 6) is 0.135. The molecule has 0 aromatic carbocycles. The van der Waals surface area contributed by atoms with Crippen LogP contribution < -0.4 is 5.73 Å². The lowest BCUT2D eigenvalue weighted by Crippen LogP contribution is -2.47. The van der Waals surface area contributed by atoms with Gasteiger partial charge in [0.05, 0.1) is 6.61 Å². The SMILES string of the molecule is NC1(CO)CCCC1CCn1ccc(C(F)(F)F)n1. The first-order valence-electron chi connectivity index (χ1n) is 6.35. The van der Waals surface area contributed by atoms with Crippen LogP contribution in [0.15, 0.2) is 12.3 Å². The highest BCUT2D eigenvalue weighted by molar-refractivity contribution is 5.03. The molecule has 1 aromatic rings. The quantitative estimate of drug-likeness (QED) is 0.881. The molecule has 0 spiro atoms. The molecule has 0 saturated heterocycles. The number of aliphatic hydroxyl groups is 1. The maximum atomic E-state index is 12.4. The van der Waals surface area contributed by atoms with Crippen LogP contribution >= 0.6 is 0 Å². The van der Waals surface area contributed by atoms with E-state index < -0.39 is 17.4 Å². The number of hydrogen-bond donors (Lipinski definition) is 2. The molecule has 19 heavy (non-hydrogen) atoms. The van der Waals surface area contributed by atoms with Crippen molar-refractivity contribution in [2.45, 2.75) is 43.9 Å². The van der Waals surface area contributed by atoms with Gasteiger partial charge in [0.1, 0.15) is 0 Å². The fraction of sp³-hybridized carbons (Fsp3) is 0.750. The summed E-state index contributed by atoms with van der Waals surface area (Å²) in [5, 5.41) is 12.8. The maximum absolute atomic E-state index is 12.4. The summed E-state index contributed by atoms with van der Waals surface area (Å²) >= 11 is 0.